The van der Waals surface area contributed by atoms with Crippen LogP contribution in [0.2, 0.25) is 0 Å². The van der Waals surface area contributed by atoms with E-state index in [2.05, 4.69) is 18.8 Å². The van der Waals surface area contributed by atoms with Gasteiger partial charge >= 0.3 is 5.97 Å². The second-order valence-corrected chi connectivity index (χ2v) is 8.45. The summed E-state index contributed by atoms with van der Waals surface area (Å²) in [6, 6.07) is 0. The van der Waals surface area contributed by atoms with E-state index in [0.29, 0.717) is 25.7 Å². The molecule has 0 aliphatic heterocycles. The van der Waals surface area contributed by atoms with Crippen LogP contribution in [0, 0.1) is 5.82 Å². The molecule has 0 aliphatic carbocycles. The number of carbonyl (C=O) groups excluding carboxylic acids is 1. The minimum atomic E-state index is -1.40. The van der Waals surface area contributed by atoms with Crippen LogP contribution in [0.25, 0.3) is 0 Å². The maximum Gasteiger partial charge on any atom is 0.383 e. The predicted octanol–water partition coefficient (Wildman–Crippen LogP) is 7.86. The van der Waals surface area contributed by atoms with E-state index in [-0.39, 0.29) is 11.1 Å². The summed E-state index contributed by atoms with van der Waals surface area (Å²) >= 11 is 0. The average Bonchev–Trinajstić information content (AvgIpc) is 2.77. The Morgan fingerprint density at radius 3 is 1.58 bits per heavy atom. The summed E-state index contributed by atoms with van der Waals surface area (Å²) in [7, 11) is 0. The van der Waals surface area contributed by atoms with Crippen molar-refractivity contribution in [2.24, 2.45) is 0 Å². The van der Waals surface area contributed by atoms with E-state index >= 15 is 0 Å². The SMILES string of the molecule is CCCCCCCCCc1c(F)c(O)c(O)c(C(=O)OF)c1CCCCCCCCC. The molecule has 0 unspecified atom stereocenters. The maximum atomic E-state index is 14.8. The number of carbonyl (C=O) groups is 1. The Balaban J connectivity index is 2.89. The topological polar surface area (TPSA) is 66.8 Å². The number of halogens is 2. The van der Waals surface area contributed by atoms with Gasteiger partial charge in [-0.25, -0.2) is 14.1 Å². The van der Waals surface area contributed by atoms with Gasteiger partial charge in [-0.05, 0) is 36.8 Å². The first-order valence-electron chi connectivity index (χ1n) is 12.1. The van der Waals surface area contributed by atoms with E-state index in [1.807, 2.05) is 0 Å². The van der Waals surface area contributed by atoms with Crippen LogP contribution in [0.15, 0.2) is 0 Å². The number of aromatic hydroxyl groups is 2. The summed E-state index contributed by atoms with van der Waals surface area (Å²) in [5.41, 5.74) is -0.00411. The van der Waals surface area contributed by atoms with Gasteiger partial charge in [0.1, 0.15) is 5.56 Å². The van der Waals surface area contributed by atoms with Gasteiger partial charge in [0.2, 0.25) is 0 Å². The molecule has 0 saturated heterocycles. The third-order valence-corrected chi connectivity index (χ3v) is 5.93. The lowest BCUT2D eigenvalue weighted by molar-refractivity contribution is -0.0791. The third-order valence-electron chi connectivity index (χ3n) is 5.93. The van der Waals surface area contributed by atoms with Gasteiger partial charge in [-0.2, -0.15) is 0 Å². The van der Waals surface area contributed by atoms with Crippen molar-refractivity contribution in [3.8, 4) is 11.5 Å². The lowest BCUT2D eigenvalue weighted by Gasteiger charge is -2.17. The van der Waals surface area contributed by atoms with Crippen LogP contribution in [0.5, 0.6) is 11.5 Å². The summed E-state index contributed by atoms with van der Waals surface area (Å²) in [5, 5.41) is 20.1. The van der Waals surface area contributed by atoms with Crippen LogP contribution >= 0.6 is 0 Å². The number of hydrogen-bond acceptors (Lipinski definition) is 4. The second-order valence-electron chi connectivity index (χ2n) is 8.45. The fourth-order valence-corrected chi connectivity index (χ4v) is 4.10. The molecule has 0 fully saturated rings. The first-order chi connectivity index (χ1) is 15.0. The maximum absolute atomic E-state index is 14.8. The summed E-state index contributed by atoms with van der Waals surface area (Å²) in [6.45, 7) is 4.32. The highest BCUT2D eigenvalue weighted by atomic mass is 19.3. The number of rotatable bonds is 17. The number of phenolic OH excluding ortho intramolecular Hbond substituents is 2. The molecule has 6 heteroatoms. The summed E-state index contributed by atoms with van der Waals surface area (Å²) < 4.78 is 27.5. The Morgan fingerprint density at radius 2 is 1.13 bits per heavy atom. The quantitative estimate of drug-likeness (QED) is 0.190. The van der Waals surface area contributed by atoms with Gasteiger partial charge in [-0.1, -0.05) is 90.9 Å². The molecule has 1 aromatic rings. The molecule has 4 nitrogen and oxygen atoms in total. The Bertz CT molecular complexity index is 662. The van der Waals surface area contributed by atoms with E-state index < -0.39 is 28.8 Å². The zero-order chi connectivity index (χ0) is 23.1. The van der Waals surface area contributed by atoms with Gasteiger partial charge < -0.3 is 10.2 Å². The molecule has 0 aliphatic rings. The summed E-state index contributed by atoms with van der Waals surface area (Å²) in [6.07, 6.45) is 15.3. The van der Waals surface area contributed by atoms with Crippen LogP contribution in [0.3, 0.4) is 0 Å². The van der Waals surface area contributed by atoms with E-state index in [9.17, 15) is 23.9 Å². The molecule has 178 valence electrons. The van der Waals surface area contributed by atoms with Crippen molar-refractivity contribution in [3.05, 3.63) is 22.5 Å². The zero-order valence-electron chi connectivity index (χ0n) is 19.3. The predicted molar refractivity (Wildman–Crippen MR) is 120 cm³/mol. The lowest BCUT2D eigenvalue weighted by Crippen LogP contribution is -2.11. The van der Waals surface area contributed by atoms with Crippen molar-refractivity contribution in [3.63, 3.8) is 0 Å². The van der Waals surface area contributed by atoms with Crippen molar-refractivity contribution in [1.29, 1.82) is 0 Å². The van der Waals surface area contributed by atoms with Gasteiger partial charge in [0.05, 0.1) is 0 Å². The smallest absolute Gasteiger partial charge is 0.383 e. The molecule has 0 heterocycles. The molecule has 2 N–H and O–H groups in total. The molecule has 0 bridgehead atoms. The van der Waals surface area contributed by atoms with E-state index in [0.717, 1.165) is 38.5 Å². The number of hydrogen-bond donors (Lipinski definition) is 2. The molecule has 1 rings (SSSR count). The average molecular weight is 443 g/mol. The summed E-state index contributed by atoms with van der Waals surface area (Å²) in [5.74, 6) is -4.27. The van der Waals surface area contributed by atoms with Crippen molar-refractivity contribution >= 4 is 5.97 Å². The van der Waals surface area contributed by atoms with E-state index in [1.165, 1.54) is 38.5 Å². The molecule has 0 aromatic heterocycles. The fraction of sp³-hybridized carbons (Fsp3) is 0.720. The number of benzene rings is 1. The number of unbranched alkanes of at least 4 members (excludes halogenated alkanes) is 12. The largest absolute Gasteiger partial charge is 0.504 e. The molecular formula is C25H40F2O4. The van der Waals surface area contributed by atoms with Crippen LogP contribution in [-0.2, 0) is 17.8 Å². The van der Waals surface area contributed by atoms with Crippen LogP contribution < -0.4 is 0 Å². The Morgan fingerprint density at radius 1 is 0.710 bits per heavy atom. The molecule has 1 aromatic carbocycles. The van der Waals surface area contributed by atoms with Crippen LogP contribution in [-0.4, -0.2) is 16.2 Å². The minimum absolute atomic E-state index is 0.190. The molecular weight excluding hydrogens is 402 g/mol. The number of phenols is 2. The minimum Gasteiger partial charge on any atom is -0.504 e. The highest BCUT2D eigenvalue weighted by Crippen LogP contribution is 2.39. The standard InChI is InChI=1S/C25H40F2O4/c1-3-5-7-9-11-13-15-17-19-20(18-16-14-12-10-8-6-4-2)22(26)24(29)23(28)21(19)25(30)31-27/h28-29H,3-18H2,1-2H3. The molecule has 0 saturated carbocycles. The van der Waals surface area contributed by atoms with Crippen LogP contribution in [0.1, 0.15) is 125 Å². The third kappa shape index (κ3) is 9.04. The van der Waals surface area contributed by atoms with Crippen molar-refractivity contribution in [2.45, 2.75) is 117 Å². The molecule has 0 spiro atoms. The molecule has 0 atom stereocenters. The van der Waals surface area contributed by atoms with Crippen molar-refractivity contribution in [1.82, 2.24) is 0 Å². The van der Waals surface area contributed by atoms with E-state index in [1.54, 1.807) is 0 Å². The lowest BCUT2D eigenvalue weighted by atomic mass is 9.90. The van der Waals surface area contributed by atoms with Gasteiger partial charge in [-0.15, -0.1) is 0 Å². The second kappa shape index (κ2) is 15.9. The fourth-order valence-electron chi connectivity index (χ4n) is 4.10. The van der Waals surface area contributed by atoms with Crippen LogP contribution in [0.4, 0.5) is 8.92 Å². The Kier molecular flexibility index (Phi) is 13.9. The highest BCUT2D eigenvalue weighted by Gasteiger charge is 2.28. The van der Waals surface area contributed by atoms with Gasteiger partial charge in [0.25, 0.3) is 0 Å². The van der Waals surface area contributed by atoms with Gasteiger partial charge in [-0.3, -0.25) is 0 Å². The first-order valence-corrected chi connectivity index (χ1v) is 12.1. The molecule has 0 radical (unpaired) electrons. The Labute approximate surface area is 185 Å². The summed E-state index contributed by atoms with van der Waals surface area (Å²) in [4.78, 5) is 15.3. The van der Waals surface area contributed by atoms with Crippen molar-refractivity contribution in [2.75, 3.05) is 0 Å². The van der Waals surface area contributed by atoms with Crippen molar-refractivity contribution < 1.29 is 28.9 Å². The monoisotopic (exact) mass is 442 g/mol. The van der Waals surface area contributed by atoms with Gasteiger partial charge in [0.15, 0.2) is 17.3 Å². The molecule has 0 amide bonds. The zero-order valence-corrected chi connectivity index (χ0v) is 19.3. The normalized spacial score (nSPS) is 11.1. The molecule has 31 heavy (non-hydrogen) atoms. The Hall–Kier alpha value is -1.85. The van der Waals surface area contributed by atoms with Gasteiger partial charge in [0, 0.05) is 4.53 Å². The first kappa shape index (κ1) is 27.2. The highest BCUT2D eigenvalue weighted by molar-refractivity contribution is 5.95. The van der Waals surface area contributed by atoms with E-state index in [4.69, 9.17) is 0 Å².